The van der Waals surface area contributed by atoms with E-state index in [1.165, 1.54) is 38.1 Å². The standard InChI is InChI=1S/C29H37F5N4O6/c1-16(2)21(35-24(40)18-7-9-19(10-8-18)27(43)37-12-14-44-15-13-37)26(42)36-25(41)20-6-5-11-38(20)22(17(3)4)23(39)28(30,31)29(32,33)34/h7-10,16-17,20-22H,5-6,11-15H2,1-4H3,(H,35,40)(H,36,41,42)/t20-,21-,22-/m0/s1. The number of likely N-dealkylation sites (tertiary alicyclic amines) is 1. The summed E-state index contributed by atoms with van der Waals surface area (Å²) in [6.45, 7) is 7.43. The van der Waals surface area contributed by atoms with Gasteiger partial charge in [0.05, 0.1) is 25.3 Å². The molecule has 0 bridgehead atoms. The summed E-state index contributed by atoms with van der Waals surface area (Å²) in [5, 5.41) is 4.68. The largest absolute Gasteiger partial charge is 0.461 e. The highest BCUT2D eigenvalue weighted by atomic mass is 19.4. The van der Waals surface area contributed by atoms with E-state index in [4.69, 9.17) is 4.74 Å². The fourth-order valence-electron chi connectivity index (χ4n) is 5.32. The third-order valence-corrected chi connectivity index (χ3v) is 7.69. The molecule has 2 aliphatic heterocycles. The van der Waals surface area contributed by atoms with E-state index in [-0.39, 0.29) is 30.9 Å². The number of benzene rings is 1. The van der Waals surface area contributed by atoms with Crippen LogP contribution in [0.3, 0.4) is 0 Å². The average molecular weight is 633 g/mol. The van der Waals surface area contributed by atoms with Crippen molar-refractivity contribution in [2.45, 2.75) is 70.8 Å². The Balaban J connectivity index is 1.69. The number of morpholine rings is 1. The second-order valence-corrected chi connectivity index (χ2v) is 11.6. The van der Waals surface area contributed by atoms with Gasteiger partial charge in [0.25, 0.3) is 11.8 Å². The first-order valence-electron chi connectivity index (χ1n) is 14.3. The van der Waals surface area contributed by atoms with E-state index in [0.29, 0.717) is 31.9 Å². The Hall–Kier alpha value is -3.46. The van der Waals surface area contributed by atoms with Gasteiger partial charge >= 0.3 is 12.1 Å². The van der Waals surface area contributed by atoms with Gasteiger partial charge in [-0.2, -0.15) is 22.0 Å². The van der Waals surface area contributed by atoms with Crippen LogP contribution in [0.15, 0.2) is 24.3 Å². The molecule has 2 heterocycles. The Morgan fingerprint density at radius 1 is 0.864 bits per heavy atom. The lowest BCUT2D eigenvalue weighted by molar-refractivity contribution is -0.271. The number of imide groups is 1. The molecule has 3 atom stereocenters. The number of carbonyl (C=O) groups is 5. The second-order valence-electron chi connectivity index (χ2n) is 11.6. The number of amides is 4. The minimum atomic E-state index is -6.11. The van der Waals surface area contributed by atoms with Gasteiger partial charge in [0, 0.05) is 24.2 Å². The molecule has 1 aromatic carbocycles. The Bertz CT molecular complexity index is 1230. The molecule has 2 saturated heterocycles. The summed E-state index contributed by atoms with van der Waals surface area (Å²) in [7, 11) is 0. The van der Waals surface area contributed by atoms with Crippen molar-refractivity contribution >= 4 is 29.4 Å². The van der Waals surface area contributed by atoms with Crippen LogP contribution in [-0.4, -0.2) is 102 Å². The van der Waals surface area contributed by atoms with Crippen LogP contribution in [0, 0.1) is 11.8 Å². The van der Waals surface area contributed by atoms with E-state index in [2.05, 4.69) is 10.6 Å². The summed E-state index contributed by atoms with van der Waals surface area (Å²) in [6.07, 6.45) is -5.87. The quantitative estimate of drug-likeness (QED) is 0.380. The number of nitrogens with one attached hydrogen (secondary N) is 2. The highest BCUT2D eigenvalue weighted by molar-refractivity contribution is 6.04. The molecular formula is C29H37F5N4O6. The highest BCUT2D eigenvalue weighted by Crippen LogP contribution is 2.39. The average Bonchev–Trinajstić information content (AvgIpc) is 3.44. The molecule has 4 amide bonds. The zero-order valence-corrected chi connectivity index (χ0v) is 24.9. The number of hydrogen-bond donors (Lipinski definition) is 2. The van der Waals surface area contributed by atoms with Gasteiger partial charge in [-0.3, -0.25) is 34.2 Å². The van der Waals surface area contributed by atoms with Crippen molar-refractivity contribution in [2.24, 2.45) is 11.8 Å². The number of ether oxygens (including phenoxy) is 1. The van der Waals surface area contributed by atoms with Gasteiger partial charge in [0.15, 0.2) is 0 Å². The van der Waals surface area contributed by atoms with Gasteiger partial charge in [0.2, 0.25) is 17.6 Å². The van der Waals surface area contributed by atoms with E-state index in [1.807, 2.05) is 0 Å². The Morgan fingerprint density at radius 2 is 1.43 bits per heavy atom. The first-order chi connectivity index (χ1) is 20.5. The Morgan fingerprint density at radius 3 is 1.95 bits per heavy atom. The topological polar surface area (TPSA) is 125 Å². The molecule has 1 aromatic rings. The van der Waals surface area contributed by atoms with E-state index in [9.17, 15) is 45.9 Å². The van der Waals surface area contributed by atoms with Crippen molar-refractivity contribution in [3.8, 4) is 0 Å². The lowest BCUT2D eigenvalue weighted by Crippen LogP contribution is -2.60. The van der Waals surface area contributed by atoms with E-state index < -0.39 is 65.6 Å². The second kappa shape index (κ2) is 14.1. The van der Waals surface area contributed by atoms with Crippen molar-refractivity contribution in [1.82, 2.24) is 20.4 Å². The van der Waals surface area contributed by atoms with Crippen LogP contribution in [0.2, 0.25) is 0 Å². The molecule has 44 heavy (non-hydrogen) atoms. The number of ketones is 1. The van der Waals surface area contributed by atoms with E-state index in [1.54, 1.807) is 18.7 Å². The molecule has 0 aliphatic carbocycles. The van der Waals surface area contributed by atoms with Crippen LogP contribution in [0.4, 0.5) is 22.0 Å². The molecule has 2 fully saturated rings. The maximum Gasteiger partial charge on any atom is 0.461 e. The van der Waals surface area contributed by atoms with Crippen molar-refractivity contribution in [1.29, 1.82) is 0 Å². The number of halogens is 5. The summed E-state index contributed by atoms with van der Waals surface area (Å²) in [4.78, 5) is 66.9. The van der Waals surface area contributed by atoms with Crippen molar-refractivity contribution < 1.29 is 50.7 Å². The minimum absolute atomic E-state index is 0.0153. The van der Waals surface area contributed by atoms with E-state index in [0.717, 1.165) is 4.90 Å². The molecule has 0 spiro atoms. The van der Waals surface area contributed by atoms with E-state index >= 15 is 0 Å². The minimum Gasteiger partial charge on any atom is -0.378 e. The lowest BCUT2D eigenvalue weighted by atomic mass is 9.93. The molecule has 15 heteroatoms. The summed E-state index contributed by atoms with van der Waals surface area (Å²) < 4.78 is 72.2. The normalized spacial score (nSPS) is 19.5. The van der Waals surface area contributed by atoms with Crippen LogP contribution >= 0.6 is 0 Å². The fourth-order valence-corrected chi connectivity index (χ4v) is 5.32. The molecule has 0 radical (unpaired) electrons. The first-order valence-corrected chi connectivity index (χ1v) is 14.3. The zero-order valence-electron chi connectivity index (χ0n) is 24.9. The van der Waals surface area contributed by atoms with Crippen molar-refractivity contribution in [3.05, 3.63) is 35.4 Å². The van der Waals surface area contributed by atoms with Gasteiger partial charge in [-0.25, -0.2) is 0 Å². The van der Waals surface area contributed by atoms with Crippen molar-refractivity contribution in [3.63, 3.8) is 0 Å². The van der Waals surface area contributed by atoms with Gasteiger partial charge in [-0.05, 0) is 55.5 Å². The van der Waals surface area contributed by atoms with Gasteiger partial charge in [-0.15, -0.1) is 0 Å². The number of carbonyl (C=O) groups excluding carboxylic acids is 5. The predicted octanol–water partition coefficient (Wildman–Crippen LogP) is 2.81. The third-order valence-electron chi connectivity index (χ3n) is 7.69. The number of hydrogen-bond acceptors (Lipinski definition) is 7. The van der Waals surface area contributed by atoms with Gasteiger partial charge in [-0.1, -0.05) is 27.7 Å². The summed E-state index contributed by atoms with van der Waals surface area (Å²) in [6, 6.07) is 1.30. The van der Waals surface area contributed by atoms with Crippen LogP contribution in [0.25, 0.3) is 0 Å². The number of nitrogens with zero attached hydrogens (tertiary/aromatic N) is 2. The molecule has 2 N–H and O–H groups in total. The van der Waals surface area contributed by atoms with Crippen molar-refractivity contribution in [2.75, 3.05) is 32.8 Å². The smallest absolute Gasteiger partial charge is 0.378 e. The monoisotopic (exact) mass is 632 g/mol. The molecule has 10 nitrogen and oxygen atoms in total. The first kappa shape index (κ1) is 35.0. The Kier molecular flexibility index (Phi) is 11.2. The maximum absolute atomic E-state index is 14.0. The summed E-state index contributed by atoms with van der Waals surface area (Å²) in [5.41, 5.74) is 0.499. The van der Waals surface area contributed by atoms with Crippen LogP contribution in [0.1, 0.15) is 61.3 Å². The summed E-state index contributed by atoms with van der Waals surface area (Å²) in [5.74, 6) is -12.3. The number of rotatable bonds is 10. The highest BCUT2D eigenvalue weighted by Gasteiger charge is 2.65. The predicted molar refractivity (Wildman–Crippen MR) is 147 cm³/mol. The van der Waals surface area contributed by atoms with Gasteiger partial charge < -0.3 is 15.0 Å². The SMILES string of the molecule is CC(C)[C@H](NC(=O)c1ccc(C(=O)N2CCOCC2)cc1)C(=O)NC(=O)[C@@H]1CCCN1[C@H](C(=O)C(F)(F)C(F)(F)F)C(C)C. The third kappa shape index (κ3) is 7.78. The van der Waals surface area contributed by atoms with Gasteiger partial charge in [0.1, 0.15) is 6.04 Å². The van der Waals surface area contributed by atoms with Crippen LogP contribution < -0.4 is 10.6 Å². The molecule has 0 aromatic heterocycles. The lowest BCUT2D eigenvalue weighted by Gasteiger charge is -2.36. The maximum atomic E-state index is 14.0. The number of alkyl halides is 5. The molecular weight excluding hydrogens is 595 g/mol. The Labute approximate surface area is 251 Å². The van der Waals surface area contributed by atoms with Crippen LogP contribution in [0.5, 0.6) is 0 Å². The molecule has 0 unspecified atom stereocenters. The zero-order chi connectivity index (χ0) is 33.0. The molecule has 244 valence electrons. The summed E-state index contributed by atoms with van der Waals surface area (Å²) >= 11 is 0. The fraction of sp³-hybridized carbons (Fsp3) is 0.621. The number of Topliss-reactive ketones (excluding diaryl/α,β-unsaturated/α-hetero) is 1. The molecule has 3 rings (SSSR count). The molecule has 0 saturated carbocycles. The van der Waals surface area contributed by atoms with Crippen LogP contribution in [-0.2, 0) is 19.1 Å². The molecule has 2 aliphatic rings.